The zero-order valence-electron chi connectivity index (χ0n) is 21.6. The van der Waals surface area contributed by atoms with Crippen molar-refractivity contribution in [2.75, 3.05) is 19.7 Å². The quantitative estimate of drug-likeness (QED) is 0.296. The van der Waals surface area contributed by atoms with Crippen molar-refractivity contribution >= 4 is 21.8 Å². The van der Waals surface area contributed by atoms with Crippen LogP contribution in [0.4, 0.5) is 0 Å². The van der Waals surface area contributed by atoms with Crippen LogP contribution in [0.1, 0.15) is 42.5 Å². The Hall–Kier alpha value is -3.36. The number of nitrogens with zero attached hydrogens (tertiary/aromatic N) is 2. The van der Waals surface area contributed by atoms with Gasteiger partial charge in [-0.1, -0.05) is 29.8 Å². The molecule has 1 unspecified atom stereocenters. The van der Waals surface area contributed by atoms with E-state index in [0.717, 1.165) is 22.0 Å². The minimum absolute atomic E-state index is 0.0165. The highest BCUT2D eigenvalue weighted by Crippen LogP contribution is 2.37. The molecule has 2 aliphatic rings. The molecule has 0 aliphatic carbocycles. The summed E-state index contributed by atoms with van der Waals surface area (Å²) in [6, 6.07) is 12.4. The number of esters is 1. The second kappa shape index (κ2) is 11.2. The zero-order valence-corrected chi connectivity index (χ0v) is 22.4. The normalized spacial score (nSPS) is 20.5. The Morgan fingerprint density at radius 1 is 1.24 bits per heavy atom. The van der Waals surface area contributed by atoms with Crippen molar-refractivity contribution in [1.29, 1.82) is 5.26 Å². The average molecular weight is 537 g/mol. The van der Waals surface area contributed by atoms with Gasteiger partial charge in [0.05, 0.1) is 29.2 Å². The second-order valence-electron chi connectivity index (χ2n) is 9.69. The minimum atomic E-state index is -4.30. The van der Waals surface area contributed by atoms with Crippen LogP contribution in [-0.2, 0) is 43.7 Å². The van der Waals surface area contributed by atoms with E-state index < -0.39 is 33.4 Å². The van der Waals surface area contributed by atoms with Crippen molar-refractivity contribution in [2.24, 2.45) is 5.73 Å². The van der Waals surface area contributed by atoms with Crippen LogP contribution in [0.5, 0.6) is 0 Å². The lowest BCUT2D eigenvalue weighted by Gasteiger charge is -2.43. The fourth-order valence-electron chi connectivity index (χ4n) is 5.16. The molecule has 4 rings (SSSR count). The summed E-state index contributed by atoms with van der Waals surface area (Å²) in [5.74, 6) is -1.68. The molecule has 0 spiro atoms. The van der Waals surface area contributed by atoms with Gasteiger partial charge < -0.3 is 15.8 Å². The molecule has 0 saturated heterocycles. The number of ether oxygens (including phenoxy) is 1. The molecular weight excluding hydrogens is 504 g/mol. The molecule has 2 aromatic rings. The predicted molar refractivity (Wildman–Crippen MR) is 141 cm³/mol. The summed E-state index contributed by atoms with van der Waals surface area (Å²) in [5, 5.41) is 12.5. The van der Waals surface area contributed by atoms with Crippen LogP contribution < -0.4 is 11.1 Å². The van der Waals surface area contributed by atoms with E-state index in [1.807, 2.05) is 6.07 Å². The summed E-state index contributed by atoms with van der Waals surface area (Å²) >= 11 is 0. The molecule has 0 fully saturated rings. The first-order valence-electron chi connectivity index (χ1n) is 12.6. The van der Waals surface area contributed by atoms with E-state index in [-0.39, 0.29) is 30.9 Å². The Morgan fingerprint density at radius 2 is 2.03 bits per heavy atom. The number of Topliss-reactive ketones (excluding diaryl/α,β-unsaturated/α-hetero) is 1. The smallest absolute Gasteiger partial charge is 0.335 e. The fraction of sp³-hybridized carbons (Fsp3) is 0.393. The summed E-state index contributed by atoms with van der Waals surface area (Å²) in [6.45, 7) is 4.53. The Labute approximate surface area is 223 Å². The third-order valence-electron chi connectivity index (χ3n) is 7.09. The van der Waals surface area contributed by atoms with Gasteiger partial charge in [-0.2, -0.15) is 9.57 Å². The molecule has 0 bridgehead atoms. The van der Waals surface area contributed by atoms with Crippen molar-refractivity contribution < 1.29 is 22.7 Å². The molecule has 2 heterocycles. The zero-order chi connectivity index (χ0) is 27.5. The molecule has 38 heavy (non-hydrogen) atoms. The summed E-state index contributed by atoms with van der Waals surface area (Å²) in [7, 11) is -4.30. The average Bonchev–Trinajstić information content (AvgIpc) is 2.92. The summed E-state index contributed by atoms with van der Waals surface area (Å²) in [5.41, 5.74) is 7.88. The van der Waals surface area contributed by atoms with E-state index in [0.29, 0.717) is 29.7 Å². The highest BCUT2D eigenvalue weighted by molar-refractivity contribution is 7.89. The number of rotatable bonds is 8. The van der Waals surface area contributed by atoms with Crippen molar-refractivity contribution in [1.82, 2.24) is 9.62 Å². The minimum Gasteiger partial charge on any atom is -0.464 e. The number of nitrogens with two attached hydrogens (primary N) is 1. The molecule has 10 heteroatoms. The van der Waals surface area contributed by atoms with Crippen molar-refractivity contribution in [2.45, 2.75) is 56.1 Å². The molecule has 0 amide bonds. The summed E-state index contributed by atoms with van der Waals surface area (Å²) in [6.07, 6.45) is 2.24. The number of hydrogen-bond donors (Lipinski definition) is 2. The van der Waals surface area contributed by atoms with Crippen molar-refractivity contribution in [3.63, 3.8) is 0 Å². The first kappa shape index (κ1) is 27.7. The lowest BCUT2D eigenvalue weighted by atomic mass is 9.80. The van der Waals surface area contributed by atoms with Crippen LogP contribution in [0.15, 0.2) is 59.0 Å². The lowest BCUT2D eigenvalue weighted by molar-refractivity contribution is -0.160. The number of fused-ring (bicyclic) bond motifs is 1. The van der Waals surface area contributed by atoms with Crippen molar-refractivity contribution in [3.05, 3.63) is 76.4 Å². The van der Waals surface area contributed by atoms with Crippen LogP contribution in [0.25, 0.3) is 0 Å². The van der Waals surface area contributed by atoms with Crippen LogP contribution in [-0.4, -0.2) is 55.8 Å². The fourth-order valence-corrected chi connectivity index (χ4v) is 6.86. The number of carbonyl (C=O) groups excluding carboxylic acids is 2. The number of hydrogen-bond acceptors (Lipinski definition) is 8. The second-order valence-corrected chi connectivity index (χ2v) is 11.6. The molecule has 2 atom stereocenters. The summed E-state index contributed by atoms with van der Waals surface area (Å²) < 4.78 is 34.5. The number of carbonyl (C=O) groups is 2. The number of ketones is 1. The van der Waals surface area contributed by atoms with Crippen molar-refractivity contribution in [3.8, 4) is 6.07 Å². The Morgan fingerprint density at radius 3 is 2.76 bits per heavy atom. The van der Waals surface area contributed by atoms with Gasteiger partial charge in [-0.3, -0.25) is 4.79 Å². The molecule has 2 aliphatic heterocycles. The van der Waals surface area contributed by atoms with Crippen LogP contribution in [0, 0.1) is 11.3 Å². The van der Waals surface area contributed by atoms with Crippen LogP contribution in [0.2, 0.25) is 0 Å². The summed E-state index contributed by atoms with van der Waals surface area (Å²) in [4.78, 5) is 27.7. The molecule has 9 nitrogen and oxygen atoms in total. The topological polar surface area (TPSA) is 143 Å². The number of nitriles is 1. The molecule has 200 valence electrons. The SMILES string of the molecule is CCOC(=O)[C@]1(C(=O)C(N)Cc2cccc(C#N)c2)CC(C)=CCN1S(=O)(=O)c1ccc2c(c1)CCNC2. The monoisotopic (exact) mass is 536 g/mol. The van der Waals surface area contributed by atoms with Gasteiger partial charge in [0, 0.05) is 19.5 Å². The third kappa shape index (κ3) is 5.15. The van der Waals surface area contributed by atoms with Crippen LogP contribution in [0.3, 0.4) is 0 Å². The third-order valence-corrected chi connectivity index (χ3v) is 8.98. The van der Waals surface area contributed by atoms with Gasteiger partial charge in [0.25, 0.3) is 0 Å². The largest absolute Gasteiger partial charge is 0.464 e. The molecular formula is C28H32N4O5S. The van der Waals surface area contributed by atoms with Crippen LogP contribution >= 0.6 is 0 Å². The highest BCUT2D eigenvalue weighted by atomic mass is 32.2. The van der Waals surface area contributed by atoms with E-state index in [2.05, 4.69) is 5.32 Å². The number of benzene rings is 2. The molecule has 0 radical (unpaired) electrons. The van der Waals surface area contributed by atoms with Gasteiger partial charge in [-0.05, 0) is 74.2 Å². The van der Waals surface area contributed by atoms with E-state index in [1.165, 1.54) is 6.07 Å². The molecule has 3 N–H and O–H groups in total. The first-order valence-corrected chi connectivity index (χ1v) is 14.0. The van der Waals surface area contributed by atoms with Gasteiger partial charge in [-0.15, -0.1) is 0 Å². The number of nitrogens with one attached hydrogen (secondary N) is 1. The van der Waals surface area contributed by atoms with E-state index in [9.17, 15) is 23.3 Å². The van der Waals surface area contributed by atoms with Gasteiger partial charge in [0.1, 0.15) is 0 Å². The Kier molecular flexibility index (Phi) is 8.13. The maximum atomic E-state index is 14.1. The maximum Gasteiger partial charge on any atom is 0.335 e. The van der Waals surface area contributed by atoms with Gasteiger partial charge in [0.2, 0.25) is 10.0 Å². The highest BCUT2D eigenvalue weighted by Gasteiger charge is 2.58. The predicted octanol–water partition coefficient (Wildman–Crippen LogP) is 1.99. The number of sulfonamides is 1. The standard InChI is InChI=1S/C28H32N4O5S/c1-3-37-27(34)28(26(33)25(30)14-20-5-4-6-21(13-20)17-29)16-19(2)10-12-32(28)38(35,36)24-8-7-23-18-31-11-9-22(23)15-24/h4-8,10,13,15,25,31H,3,9,11-12,14,16,18,30H2,1-2H3/t25?,28-/m1/s1. The van der Waals surface area contributed by atoms with Gasteiger partial charge in [0.15, 0.2) is 11.3 Å². The van der Waals surface area contributed by atoms with Gasteiger partial charge in [-0.25, -0.2) is 13.2 Å². The van der Waals surface area contributed by atoms with Gasteiger partial charge >= 0.3 is 5.97 Å². The lowest BCUT2D eigenvalue weighted by Crippen LogP contribution is -2.67. The maximum absolute atomic E-state index is 14.1. The Bertz CT molecular complexity index is 1430. The van der Waals surface area contributed by atoms with E-state index >= 15 is 0 Å². The molecule has 0 aromatic heterocycles. The Balaban J connectivity index is 1.79. The van der Waals surface area contributed by atoms with E-state index in [1.54, 1.807) is 56.3 Å². The van der Waals surface area contributed by atoms with E-state index in [4.69, 9.17) is 10.5 Å². The molecule has 2 aromatic carbocycles. The first-order chi connectivity index (χ1) is 18.1. The molecule has 0 saturated carbocycles.